The van der Waals surface area contributed by atoms with E-state index in [4.69, 9.17) is 9.47 Å². The number of ether oxygens (including phenoxy) is 2. The number of benzene rings is 1. The van der Waals surface area contributed by atoms with Crippen LogP contribution in [0.4, 0.5) is 0 Å². The van der Waals surface area contributed by atoms with Gasteiger partial charge < -0.3 is 29.9 Å². The van der Waals surface area contributed by atoms with Gasteiger partial charge in [-0.1, -0.05) is 31.5 Å². The molecular formula is C21H30O8. The van der Waals surface area contributed by atoms with Gasteiger partial charge in [0.25, 0.3) is 0 Å². The SMILES string of the molecule is CCCCC(OC(C)=O)c1cccc(COC(=O)C2(O)C[C@@H](O)C(O)[C@H](O)C2)c1. The van der Waals surface area contributed by atoms with Crippen LogP contribution < -0.4 is 0 Å². The number of aliphatic hydroxyl groups is 4. The molecule has 1 aromatic carbocycles. The number of carbonyl (C=O) groups excluding carboxylic acids is 2. The highest BCUT2D eigenvalue weighted by atomic mass is 16.6. The van der Waals surface area contributed by atoms with E-state index in [9.17, 15) is 30.0 Å². The molecule has 1 aliphatic carbocycles. The molecule has 0 amide bonds. The minimum Gasteiger partial charge on any atom is -0.459 e. The second-order valence-electron chi connectivity index (χ2n) is 7.63. The van der Waals surface area contributed by atoms with E-state index in [1.165, 1.54) is 6.92 Å². The summed E-state index contributed by atoms with van der Waals surface area (Å²) in [5, 5.41) is 39.5. The number of carbonyl (C=O) groups is 2. The highest BCUT2D eigenvalue weighted by molar-refractivity contribution is 5.79. The lowest BCUT2D eigenvalue weighted by atomic mass is 9.80. The van der Waals surface area contributed by atoms with Crippen LogP contribution in [0.5, 0.6) is 0 Å². The molecule has 0 aliphatic heterocycles. The van der Waals surface area contributed by atoms with Crippen molar-refractivity contribution in [2.24, 2.45) is 0 Å². The highest BCUT2D eigenvalue weighted by Crippen LogP contribution is 2.31. The molecule has 0 radical (unpaired) electrons. The molecular weight excluding hydrogens is 380 g/mol. The Kier molecular flexibility index (Phi) is 8.15. The monoisotopic (exact) mass is 410 g/mol. The fourth-order valence-electron chi connectivity index (χ4n) is 3.49. The van der Waals surface area contributed by atoms with Gasteiger partial charge in [0, 0.05) is 19.8 Å². The van der Waals surface area contributed by atoms with Gasteiger partial charge in [0.15, 0.2) is 5.60 Å². The normalized spacial score (nSPS) is 27.9. The minimum atomic E-state index is -2.07. The van der Waals surface area contributed by atoms with Gasteiger partial charge in [0.05, 0.1) is 12.2 Å². The Bertz CT molecular complexity index is 692. The number of aliphatic hydroxyl groups excluding tert-OH is 3. The first-order valence-electron chi connectivity index (χ1n) is 9.86. The molecule has 2 rings (SSSR count). The van der Waals surface area contributed by atoms with E-state index >= 15 is 0 Å². The number of rotatable bonds is 8. The van der Waals surface area contributed by atoms with Crippen LogP contribution in [0.2, 0.25) is 0 Å². The maximum absolute atomic E-state index is 12.4. The Morgan fingerprint density at radius 3 is 2.45 bits per heavy atom. The summed E-state index contributed by atoms with van der Waals surface area (Å²) in [6, 6.07) is 7.10. The number of hydrogen-bond donors (Lipinski definition) is 4. The van der Waals surface area contributed by atoms with Crippen molar-refractivity contribution in [2.45, 2.75) is 82.6 Å². The Balaban J connectivity index is 2.04. The quantitative estimate of drug-likeness (QED) is 0.469. The fraction of sp³-hybridized carbons (Fsp3) is 0.619. The molecule has 4 N–H and O–H groups in total. The van der Waals surface area contributed by atoms with Crippen LogP contribution in [0.1, 0.15) is 63.2 Å². The van der Waals surface area contributed by atoms with Crippen LogP contribution >= 0.6 is 0 Å². The molecule has 0 spiro atoms. The fourth-order valence-corrected chi connectivity index (χ4v) is 3.49. The van der Waals surface area contributed by atoms with Gasteiger partial charge in [-0.2, -0.15) is 0 Å². The number of unbranched alkanes of at least 4 members (excludes halogenated alkanes) is 1. The first kappa shape index (κ1) is 23.3. The minimum absolute atomic E-state index is 0.135. The summed E-state index contributed by atoms with van der Waals surface area (Å²) < 4.78 is 10.6. The number of esters is 2. The standard InChI is InChI=1S/C21H30O8/c1-3-4-8-18(29-13(2)22)15-7-5-6-14(9-15)12-28-20(26)21(27)10-16(23)19(25)17(24)11-21/h5-7,9,16-19,23-25,27H,3-4,8,10-12H2,1-2H3/t16-,17-,18?,19?,21?/m1/s1. The topological polar surface area (TPSA) is 134 Å². The van der Waals surface area contributed by atoms with E-state index in [-0.39, 0.29) is 12.6 Å². The van der Waals surface area contributed by atoms with Crippen molar-refractivity contribution >= 4 is 11.9 Å². The van der Waals surface area contributed by atoms with Crippen molar-refractivity contribution in [1.29, 1.82) is 0 Å². The van der Waals surface area contributed by atoms with E-state index in [0.29, 0.717) is 12.0 Å². The van der Waals surface area contributed by atoms with E-state index < -0.39 is 48.8 Å². The third kappa shape index (κ3) is 6.24. The molecule has 29 heavy (non-hydrogen) atoms. The summed E-state index contributed by atoms with van der Waals surface area (Å²) in [7, 11) is 0. The molecule has 1 saturated carbocycles. The molecule has 1 fully saturated rings. The van der Waals surface area contributed by atoms with Crippen LogP contribution in [0.3, 0.4) is 0 Å². The van der Waals surface area contributed by atoms with Crippen molar-refractivity contribution in [3.63, 3.8) is 0 Å². The lowest BCUT2D eigenvalue weighted by molar-refractivity contribution is -0.193. The van der Waals surface area contributed by atoms with Gasteiger partial charge in [-0.25, -0.2) is 4.79 Å². The molecule has 8 heteroatoms. The maximum Gasteiger partial charge on any atom is 0.338 e. The first-order chi connectivity index (χ1) is 13.7. The summed E-state index contributed by atoms with van der Waals surface area (Å²) in [5.74, 6) is -1.35. The molecule has 3 atom stereocenters. The summed E-state index contributed by atoms with van der Waals surface area (Å²) in [6.07, 6.45) is -2.98. The lowest BCUT2D eigenvalue weighted by Gasteiger charge is -2.38. The molecule has 1 unspecified atom stereocenters. The van der Waals surface area contributed by atoms with Crippen LogP contribution in [0.25, 0.3) is 0 Å². The average molecular weight is 410 g/mol. The van der Waals surface area contributed by atoms with Crippen molar-refractivity contribution in [2.75, 3.05) is 0 Å². The zero-order valence-corrected chi connectivity index (χ0v) is 16.8. The van der Waals surface area contributed by atoms with E-state index in [1.807, 2.05) is 13.0 Å². The Labute approximate surface area is 170 Å². The molecule has 0 heterocycles. The predicted octanol–water partition coefficient (Wildman–Crippen LogP) is 1.13. The zero-order chi connectivity index (χ0) is 21.6. The largest absolute Gasteiger partial charge is 0.459 e. The third-order valence-electron chi connectivity index (χ3n) is 5.08. The summed E-state index contributed by atoms with van der Waals surface area (Å²) in [6.45, 7) is 3.27. The van der Waals surface area contributed by atoms with Gasteiger partial charge >= 0.3 is 11.9 Å². The van der Waals surface area contributed by atoms with Crippen molar-refractivity contribution < 1.29 is 39.5 Å². The smallest absolute Gasteiger partial charge is 0.338 e. The van der Waals surface area contributed by atoms with Gasteiger partial charge in [-0.3, -0.25) is 4.79 Å². The van der Waals surface area contributed by atoms with E-state index in [2.05, 4.69) is 0 Å². The molecule has 0 saturated heterocycles. The van der Waals surface area contributed by atoms with Gasteiger partial charge in [0.2, 0.25) is 0 Å². The van der Waals surface area contributed by atoms with Crippen LogP contribution in [-0.2, 0) is 25.7 Å². The zero-order valence-electron chi connectivity index (χ0n) is 16.8. The van der Waals surface area contributed by atoms with Crippen LogP contribution in [0, 0.1) is 0 Å². The van der Waals surface area contributed by atoms with Crippen LogP contribution in [-0.4, -0.2) is 56.3 Å². The molecule has 0 bridgehead atoms. The van der Waals surface area contributed by atoms with E-state index in [0.717, 1.165) is 18.4 Å². The van der Waals surface area contributed by atoms with Crippen LogP contribution in [0.15, 0.2) is 24.3 Å². The predicted molar refractivity (Wildman–Crippen MR) is 102 cm³/mol. The summed E-state index contributed by atoms with van der Waals surface area (Å²) in [4.78, 5) is 23.8. The van der Waals surface area contributed by atoms with E-state index in [1.54, 1.807) is 18.2 Å². The summed E-state index contributed by atoms with van der Waals surface area (Å²) in [5.41, 5.74) is -0.644. The molecule has 1 aromatic rings. The van der Waals surface area contributed by atoms with Crippen molar-refractivity contribution in [3.05, 3.63) is 35.4 Å². The molecule has 8 nitrogen and oxygen atoms in total. The van der Waals surface area contributed by atoms with Crippen molar-refractivity contribution in [3.8, 4) is 0 Å². The Morgan fingerprint density at radius 2 is 1.86 bits per heavy atom. The first-order valence-corrected chi connectivity index (χ1v) is 9.86. The van der Waals surface area contributed by atoms with Gasteiger partial charge in [-0.15, -0.1) is 0 Å². The summed E-state index contributed by atoms with van der Waals surface area (Å²) >= 11 is 0. The molecule has 0 aromatic heterocycles. The average Bonchev–Trinajstić information content (AvgIpc) is 2.67. The van der Waals surface area contributed by atoms with Crippen molar-refractivity contribution in [1.82, 2.24) is 0 Å². The maximum atomic E-state index is 12.4. The molecule has 162 valence electrons. The number of hydrogen-bond acceptors (Lipinski definition) is 8. The third-order valence-corrected chi connectivity index (χ3v) is 5.08. The Morgan fingerprint density at radius 1 is 1.21 bits per heavy atom. The van der Waals surface area contributed by atoms with Gasteiger partial charge in [0.1, 0.15) is 18.8 Å². The second-order valence-corrected chi connectivity index (χ2v) is 7.63. The molecule has 1 aliphatic rings. The lowest BCUT2D eigenvalue weighted by Crippen LogP contribution is -2.56. The van der Waals surface area contributed by atoms with Gasteiger partial charge in [-0.05, 0) is 30.0 Å². The highest BCUT2D eigenvalue weighted by Gasteiger charge is 2.49. The Hall–Kier alpha value is -2.00. The second kappa shape index (κ2) is 10.2.